The van der Waals surface area contributed by atoms with Crippen LogP contribution in [0.1, 0.15) is 41.6 Å². The number of nitrogens with one attached hydrogen (secondary N) is 2. The predicted octanol–water partition coefficient (Wildman–Crippen LogP) is 2.01. The van der Waals surface area contributed by atoms with Crippen molar-refractivity contribution in [2.24, 2.45) is 0 Å². The number of carboxylic acid groups (broad SMARTS) is 1. The largest absolute Gasteiger partial charge is 0.507 e. The second-order valence-electron chi connectivity index (χ2n) is 5.44. The fourth-order valence-corrected chi connectivity index (χ4v) is 2.66. The summed E-state index contributed by atoms with van der Waals surface area (Å²) in [6, 6.07) is 5.05. The quantitative estimate of drug-likeness (QED) is 0.685. The zero-order chi connectivity index (χ0) is 15.4. The van der Waals surface area contributed by atoms with Crippen LogP contribution in [0.5, 0.6) is 5.75 Å². The van der Waals surface area contributed by atoms with E-state index in [0.717, 1.165) is 12.8 Å². The Kier molecular flexibility index (Phi) is 4.67. The lowest BCUT2D eigenvalue weighted by Crippen LogP contribution is -2.43. The van der Waals surface area contributed by atoms with Gasteiger partial charge in [-0.05, 0) is 44.2 Å². The lowest BCUT2D eigenvalue weighted by molar-refractivity contribution is 0.0920. The summed E-state index contributed by atoms with van der Waals surface area (Å²) >= 11 is 0. The Morgan fingerprint density at radius 3 is 2.24 bits per heavy atom. The van der Waals surface area contributed by atoms with Crippen LogP contribution in [0.15, 0.2) is 18.2 Å². The van der Waals surface area contributed by atoms with E-state index in [-0.39, 0.29) is 29.3 Å². The first-order valence-electron chi connectivity index (χ1n) is 7.06. The highest BCUT2D eigenvalue weighted by molar-refractivity contribution is 5.97. The molecule has 114 valence electrons. The molecule has 2 amide bonds. The van der Waals surface area contributed by atoms with Gasteiger partial charge in [-0.25, -0.2) is 4.79 Å². The van der Waals surface area contributed by atoms with Crippen molar-refractivity contribution < 1.29 is 19.8 Å². The molecule has 0 atom stereocenters. The molecule has 1 aromatic rings. The van der Waals surface area contributed by atoms with Gasteiger partial charge in [-0.2, -0.15) is 0 Å². The molecule has 1 aliphatic rings. The molecule has 0 bridgehead atoms. The molecule has 6 nitrogen and oxygen atoms in total. The van der Waals surface area contributed by atoms with Gasteiger partial charge >= 0.3 is 6.09 Å². The number of carbonyl (C=O) groups excluding carboxylic acids is 1. The van der Waals surface area contributed by atoms with E-state index in [2.05, 4.69) is 10.6 Å². The highest BCUT2D eigenvalue weighted by atomic mass is 16.4. The number of hydrogen-bond donors (Lipinski definition) is 4. The lowest BCUT2D eigenvalue weighted by atomic mass is 9.91. The number of phenolic OH excluding ortho intramolecular Hbond substituents is 1. The first kappa shape index (κ1) is 15.2. The Morgan fingerprint density at radius 1 is 1.10 bits per heavy atom. The summed E-state index contributed by atoms with van der Waals surface area (Å²) in [7, 11) is 0. The van der Waals surface area contributed by atoms with Crippen LogP contribution in [0.4, 0.5) is 4.79 Å². The average molecular weight is 292 g/mol. The monoisotopic (exact) mass is 292 g/mol. The van der Waals surface area contributed by atoms with Gasteiger partial charge in [-0.15, -0.1) is 0 Å². The second-order valence-corrected chi connectivity index (χ2v) is 5.44. The molecule has 1 aromatic carbocycles. The van der Waals surface area contributed by atoms with Crippen molar-refractivity contribution in [3.05, 3.63) is 29.3 Å². The van der Waals surface area contributed by atoms with Gasteiger partial charge in [0.2, 0.25) is 0 Å². The van der Waals surface area contributed by atoms with Crippen LogP contribution in [0.25, 0.3) is 0 Å². The summed E-state index contributed by atoms with van der Waals surface area (Å²) in [6.45, 7) is 1.74. The Bertz CT molecular complexity index is 536. The maximum absolute atomic E-state index is 12.2. The molecule has 2 rings (SSSR count). The number of hydrogen-bond acceptors (Lipinski definition) is 3. The first-order chi connectivity index (χ1) is 9.97. The topological polar surface area (TPSA) is 98.7 Å². The van der Waals surface area contributed by atoms with Crippen molar-refractivity contribution in [1.82, 2.24) is 10.6 Å². The minimum absolute atomic E-state index is 0.0104. The molecule has 4 N–H and O–H groups in total. The maximum Gasteiger partial charge on any atom is 0.404 e. The zero-order valence-corrected chi connectivity index (χ0v) is 11.9. The summed E-state index contributed by atoms with van der Waals surface area (Å²) in [5.41, 5.74) is 0.942. The van der Waals surface area contributed by atoms with Gasteiger partial charge < -0.3 is 20.8 Å². The van der Waals surface area contributed by atoms with E-state index < -0.39 is 6.09 Å². The van der Waals surface area contributed by atoms with Gasteiger partial charge in [0.15, 0.2) is 0 Å². The number of benzene rings is 1. The van der Waals surface area contributed by atoms with Gasteiger partial charge in [0, 0.05) is 12.1 Å². The summed E-state index contributed by atoms with van der Waals surface area (Å²) in [5.74, 6) is -0.276. The molecule has 1 fully saturated rings. The first-order valence-corrected chi connectivity index (χ1v) is 7.06. The minimum atomic E-state index is -1.01. The standard InChI is InChI=1S/C15H20N2O4/c1-9-3-2-4-12(13(9)18)14(19)16-10-5-7-11(8-6-10)17-15(20)21/h2-4,10-11,17-18H,5-8H2,1H3,(H,16,19)(H,20,21). The van der Waals surface area contributed by atoms with Crippen molar-refractivity contribution >= 4 is 12.0 Å². The number of aryl methyl sites for hydroxylation is 1. The van der Waals surface area contributed by atoms with Crippen molar-refractivity contribution in [1.29, 1.82) is 0 Å². The lowest BCUT2D eigenvalue weighted by Gasteiger charge is -2.29. The summed E-state index contributed by atoms with van der Waals surface area (Å²) in [5, 5.41) is 23.9. The van der Waals surface area contributed by atoms with Crippen molar-refractivity contribution in [2.45, 2.75) is 44.7 Å². The summed E-state index contributed by atoms with van der Waals surface area (Å²) < 4.78 is 0. The van der Waals surface area contributed by atoms with Crippen LogP contribution >= 0.6 is 0 Å². The van der Waals surface area contributed by atoms with Crippen LogP contribution < -0.4 is 10.6 Å². The number of rotatable bonds is 3. The van der Waals surface area contributed by atoms with Gasteiger partial charge in [0.25, 0.3) is 5.91 Å². The molecular formula is C15H20N2O4. The Labute approximate surface area is 123 Å². The zero-order valence-electron chi connectivity index (χ0n) is 11.9. The van der Waals surface area contributed by atoms with Crippen LogP contribution in [0.3, 0.4) is 0 Å². The molecule has 0 saturated heterocycles. The third-order valence-electron chi connectivity index (χ3n) is 3.87. The molecule has 0 aliphatic heterocycles. The predicted molar refractivity (Wildman–Crippen MR) is 77.5 cm³/mol. The molecule has 0 spiro atoms. The summed E-state index contributed by atoms with van der Waals surface area (Å²) in [4.78, 5) is 22.7. The van der Waals surface area contributed by atoms with Crippen LogP contribution in [-0.2, 0) is 0 Å². The summed E-state index contributed by atoms with van der Waals surface area (Å²) in [6.07, 6.45) is 1.85. The van der Waals surface area contributed by atoms with E-state index in [4.69, 9.17) is 5.11 Å². The molecular weight excluding hydrogens is 272 g/mol. The molecule has 21 heavy (non-hydrogen) atoms. The number of para-hydroxylation sites is 1. The number of phenols is 1. The normalized spacial score (nSPS) is 21.6. The molecule has 1 saturated carbocycles. The van der Waals surface area contributed by atoms with Crippen LogP contribution in [0.2, 0.25) is 0 Å². The van der Waals surface area contributed by atoms with Gasteiger partial charge in [0.1, 0.15) is 5.75 Å². The molecule has 0 heterocycles. The van der Waals surface area contributed by atoms with E-state index in [1.807, 2.05) is 0 Å². The number of aromatic hydroxyl groups is 1. The third kappa shape index (κ3) is 3.87. The minimum Gasteiger partial charge on any atom is -0.507 e. The van der Waals surface area contributed by atoms with Gasteiger partial charge in [0.05, 0.1) is 5.56 Å². The van der Waals surface area contributed by atoms with Gasteiger partial charge in [-0.3, -0.25) is 4.79 Å². The van der Waals surface area contributed by atoms with Crippen LogP contribution in [-0.4, -0.2) is 34.3 Å². The molecule has 0 aromatic heterocycles. The highest BCUT2D eigenvalue weighted by Crippen LogP contribution is 2.23. The molecule has 0 unspecified atom stereocenters. The highest BCUT2D eigenvalue weighted by Gasteiger charge is 2.24. The van der Waals surface area contributed by atoms with Crippen LogP contribution in [0, 0.1) is 6.92 Å². The van der Waals surface area contributed by atoms with E-state index in [9.17, 15) is 14.7 Å². The maximum atomic E-state index is 12.2. The van der Waals surface area contributed by atoms with E-state index in [0.29, 0.717) is 18.4 Å². The Morgan fingerprint density at radius 2 is 1.67 bits per heavy atom. The molecule has 0 radical (unpaired) electrons. The van der Waals surface area contributed by atoms with Crippen molar-refractivity contribution in [3.63, 3.8) is 0 Å². The number of carbonyl (C=O) groups is 2. The molecule has 6 heteroatoms. The van der Waals surface area contributed by atoms with Crippen molar-refractivity contribution in [3.8, 4) is 5.75 Å². The smallest absolute Gasteiger partial charge is 0.404 e. The Hall–Kier alpha value is -2.24. The van der Waals surface area contributed by atoms with E-state index >= 15 is 0 Å². The number of amides is 2. The van der Waals surface area contributed by atoms with E-state index in [1.165, 1.54) is 0 Å². The third-order valence-corrected chi connectivity index (χ3v) is 3.87. The Balaban J connectivity index is 1.90. The van der Waals surface area contributed by atoms with E-state index in [1.54, 1.807) is 25.1 Å². The average Bonchev–Trinajstić information content (AvgIpc) is 2.43. The van der Waals surface area contributed by atoms with Crippen molar-refractivity contribution in [2.75, 3.05) is 0 Å². The fraction of sp³-hybridized carbons (Fsp3) is 0.467. The molecule has 1 aliphatic carbocycles. The SMILES string of the molecule is Cc1cccc(C(=O)NC2CCC(NC(=O)O)CC2)c1O. The fourth-order valence-electron chi connectivity index (χ4n) is 2.66. The second kappa shape index (κ2) is 6.47. The van der Waals surface area contributed by atoms with Gasteiger partial charge in [-0.1, -0.05) is 12.1 Å².